The van der Waals surface area contributed by atoms with Crippen molar-refractivity contribution in [2.24, 2.45) is 5.73 Å². The van der Waals surface area contributed by atoms with Crippen molar-refractivity contribution >= 4 is 29.1 Å². The van der Waals surface area contributed by atoms with Gasteiger partial charge in [-0.15, -0.1) is 0 Å². The molecular weight excluding hydrogens is 311 g/mol. The van der Waals surface area contributed by atoms with Crippen LogP contribution in [0.4, 0.5) is 0 Å². The number of carbonyl (C=O) groups is 1. The van der Waals surface area contributed by atoms with Crippen molar-refractivity contribution in [3.05, 3.63) is 28.2 Å². The Bertz CT molecular complexity index is 496. The standard InChI is InChI=1S/C15H20Cl2N2O2/c1-10(21-13-7-11(16)6-12(17)8-13)14(20)19-15(9-18)4-2-3-5-15/h6-8,10H,2-5,9,18H2,1H3,(H,19,20). The second-order valence-corrected chi connectivity index (χ2v) is 6.42. The molecule has 6 heteroatoms. The molecule has 0 radical (unpaired) electrons. The quantitative estimate of drug-likeness (QED) is 0.871. The van der Waals surface area contributed by atoms with Gasteiger partial charge in [0.15, 0.2) is 6.10 Å². The zero-order chi connectivity index (χ0) is 15.5. The van der Waals surface area contributed by atoms with E-state index in [-0.39, 0.29) is 11.4 Å². The summed E-state index contributed by atoms with van der Waals surface area (Å²) >= 11 is 11.8. The summed E-state index contributed by atoms with van der Waals surface area (Å²) in [5.41, 5.74) is 5.54. The highest BCUT2D eigenvalue weighted by molar-refractivity contribution is 6.34. The van der Waals surface area contributed by atoms with Crippen LogP contribution in [0.2, 0.25) is 10.0 Å². The van der Waals surface area contributed by atoms with Gasteiger partial charge in [-0.2, -0.15) is 0 Å². The number of hydrogen-bond acceptors (Lipinski definition) is 3. The van der Waals surface area contributed by atoms with E-state index in [4.69, 9.17) is 33.7 Å². The number of rotatable bonds is 5. The molecule has 1 aliphatic carbocycles. The van der Waals surface area contributed by atoms with Crippen LogP contribution in [0.3, 0.4) is 0 Å². The first-order valence-electron chi connectivity index (χ1n) is 7.09. The van der Waals surface area contributed by atoms with Crippen LogP contribution in [0.15, 0.2) is 18.2 Å². The Hall–Kier alpha value is -0.970. The fourth-order valence-electron chi connectivity index (χ4n) is 2.65. The van der Waals surface area contributed by atoms with Gasteiger partial charge in [-0.25, -0.2) is 0 Å². The Labute approximate surface area is 134 Å². The lowest BCUT2D eigenvalue weighted by Crippen LogP contribution is -2.54. The molecule has 2 rings (SSSR count). The summed E-state index contributed by atoms with van der Waals surface area (Å²) in [5.74, 6) is 0.307. The van der Waals surface area contributed by atoms with Gasteiger partial charge in [0.05, 0.1) is 5.54 Å². The van der Waals surface area contributed by atoms with E-state index < -0.39 is 6.10 Å². The molecular formula is C15H20Cl2N2O2. The minimum atomic E-state index is -0.636. The number of nitrogens with one attached hydrogen (secondary N) is 1. The molecule has 0 spiro atoms. The maximum absolute atomic E-state index is 12.3. The highest BCUT2D eigenvalue weighted by atomic mass is 35.5. The van der Waals surface area contributed by atoms with E-state index in [0.29, 0.717) is 22.3 Å². The predicted octanol–water partition coefficient (Wildman–Crippen LogP) is 3.15. The summed E-state index contributed by atoms with van der Waals surface area (Å²) < 4.78 is 5.62. The molecule has 1 aromatic rings. The third-order valence-electron chi connectivity index (χ3n) is 3.86. The van der Waals surface area contributed by atoms with Gasteiger partial charge in [0.2, 0.25) is 0 Å². The first kappa shape index (κ1) is 16.4. The maximum atomic E-state index is 12.3. The van der Waals surface area contributed by atoms with E-state index in [9.17, 15) is 4.79 Å². The van der Waals surface area contributed by atoms with Crippen molar-refractivity contribution < 1.29 is 9.53 Å². The van der Waals surface area contributed by atoms with Crippen molar-refractivity contribution in [3.8, 4) is 5.75 Å². The lowest BCUT2D eigenvalue weighted by molar-refractivity contribution is -0.129. The molecule has 1 fully saturated rings. The topological polar surface area (TPSA) is 64.3 Å². The molecule has 1 atom stereocenters. The summed E-state index contributed by atoms with van der Waals surface area (Å²) in [6, 6.07) is 4.87. The smallest absolute Gasteiger partial charge is 0.261 e. The number of amides is 1. The monoisotopic (exact) mass is 330 g/mol. The molecule has 1 saturated carbocycles. The average Bonchev–Trinajstić information content (AvgIpc) is 2.86. The number of benzene rings is 1. The molecule has 1 unspecified atom stereocenters. The van der Waals surface area contributed by atoms with Gasteiger partial charge in [0, 0.05) is 16.6 Å². The molecule has 0 heterocycles. The number of nitrogens with two attached hydrogens (primary N) is 1. The third-order valence-corrected chi connectivity index (χ3v) is 4.29. The van der Waals surface area contributed by atoms with E-state index in [1.165, 1.54) is 0 Å². The van der Waals surface area contributed by atoms with E-state index in [0.717, 1.165) is 25.7 Å². The van der Waals surface area contributed by atoms with Crippen molar-refractivity contribution in [1.82, 2.24) is 5.32 Å². The van der Waals surface area contributed by atoms with Gasteiger partial charge < -0.3 is 15.8 Å². The van der Waals surface area contributed by atoms with Gasteiger partial charge in [0.1, 0.15) is 5.75 Å². The van der Waals surface area contributed by atoms with E-state index in [1.54, 1.807) is 25.1 Å². The number of halogens is 2. The van der Waals surface area contributed by atoms with Crippen LogP contribution in [-0.4, -0.2) is 24.1 Å². The maximum Gasteiger partial charge on any atom is 0.261 e. The third kappa shape index (κ3) is 4.25. The lowest BCUT2D eigenvalue weighted by Gasteiger charge is -2.30. The minimum absolute atomic E-state index is 0.168. The summed E-state index contributed by atoms with van der Waals surface area (Å²) in [5, 5.41) is 3.98. The van der Waals surface area contributed by atoms with Gasteiger partial charge in [0.25, 0.3) is 5.91 Å². The van der Waals surface area contributed by atoms with Crippen LogP contribution in [0.25, 0.3) is 0 Å². The van der Waals surface area contributed by atoms with Gasteiger partial charge in [-0.05, 0) is 38.0 Å². The average molecular weight is 331 g/mol. The fourth-order valence-corrected chi connectivity index (χ4v) is 3.16. The van der Waals surface area contributed by atoms with Crippen LogP contribution in [0.1, 0.15) is 32.6 Å². The lowest BCUT2D eigenvalue weighted by atomic mass is 9.97. The van der Waals surface area contributed by atoms with Crippen LogP contribution in [0.5, 0.6) is 5.75 Å². The Morgan fingerprint density at radius 3 is 2.43 bits per heavy atom. The molecule has 1 aliphatic rings. The minimum Gasteiger partial charge on any atom is -0.481 e. The SMILES string of the molecule is CC(Oc1cc(Cl)cc(Cl)c1)C(=O)NC1(CN)CCCC1. The summed E-state index contributed by atoms with van der Waals surface area (Å²) in [7, 11) is 0. The predicted molar refractivity (Wildman–Crippen MR) is 84.9 cm³/mol. The van der Waals surface area contributed by atoms with E-state index in [1.807, 2.05) is 0 Å². The van der Waals surface area contributed by atoms with E-state index in [2.05, 4.69) is 5.32 Å². The molecule has 116 valence electrons. The van der Waals surface area contributed by atoms with Crippen LogP contribution >= 0.6 is 23.2 Å². The first-order valence-corrected chi connectivity index (χ1v) is 7.84. The first-order chi connectivity index (χ1) is 9.94. The highest BCUT2D eigenvalue weighted by Crippen LogP contribution is 2.29. The second kappa shape index (κ2) is 6.86. The van der Waals surface area contributed by atoms with Crippen LogP contribution in [-0.2, 0) is 4.79 Å². The second-order valence-electron chi connectivity index (χ2n) is 5.55. The molecule has 1 aromatic carbocycles. The Morgan fingerprint density at radius 2 is 1.90 bits per heavy atom. The number of hydrogen-bond donors (Lipinski definition) is 2. The molecule has 0 aliphatic heterocycles. The van der Waals surface area contributed by atoms with Gasteiger partial charge in [-0.1, -0.05) is 36.0 Å². The Balaban J connectivity index is 1.99. The normalized spacial score (nSPS) is 18.3. The van der Waals surface area contributed by atoms with E-state index >= 15 is 0 Å². The Kier molecular flexibility index (Phi) is 5.36. The molecule has 0 saturated heterocycles. The molecule has 4 nitrogen and oxygen atoms in total. The summed E-state index contributed by atoms with van der Waals surface area (Å²) in [6.45, 7) is 2.15. The van der Waals surface area contributed by atoms with Gasteiger partial charge in [-0.3, -0.25) is 4.79 Å². The van der Waals surface area contributed by atoms with Crippen LogP contribution < -0.4 is 15.8 Å². The molecule has 3 N–H and O–H groups in total. The molecule has 21 heavy (non-hydrogen) atoms. The van der Waals surface area contributed by atoms with Crippen molar-refractivity contribution in [3.63, 3.8) is 0 Å². The van der Waals surface area contributed by atoms with Crippen molar-refractivity contribution in [2.45, 2.75) is 44.2 Å². The number of ether oxygens (including phenoxy) is 1. The van der Waals surface area contributed by atoms with Crippen molar-refractivity contribution in [2.75, 3.05) is 6.54 Å². The molecule has 1 amide bonds. The highest BCUT2D eigenvalue weighted by Gasteiger charge is 2.35. The summed E-state index contributed by atoms with van der Waals surface area (Å²) in [4.78, 5) is 12.3. The number of carbonyl (C=O) groups excluding carboxylic acids is 1. The molecule has 0 aromatic heterocycles. The fraction of sp³-hybridized carbons (Fsp3) is 0.533. The molecule has 0 bridgehead atoms. The van der Waals surface area contributed by atoms with Crippen LogP contribution in [0, 0.1) is 0 Å². The summed E-state index contributed by atoms with van der Waals surface area (Å²) in [6.07, 6.45) is 3.40. The largest absolute Gasteiger partial charge is 0.481 e. The zero-order valence-electron chi connectivity index (χ0n) is 12.0. The zero-order valence-corrected chi connectivity index (χ0v) is 13.5. The Morgan fingerprint density at radius 1 is 1.33 bits per heavy atom. The van der Waals surface area contributed by atoms with Gasteiger partial charge >= 0.3 is 0 Å². The van der Waals surface area contributed by atoms with Crippen molar-refractivity contribution in [1.29, 1.82) is 0 Å².